The summed E-state index contributed by atoms with van der Waals surface area (Å²) in [6.07, 6.45) is 2.95. The summed E-state index contributed by atoms with van der Waals surface area (Å²) in [5, 5.41) is 3.51. The molecule has 1 heterocycles. The number of benzene rings is 1. The zero-order valence-corrected chi connectivity index (χ0v) is 13.2. The number of nitrogens with one attached hydrogen (secondary N) is 1. The summed E-state index contributed by atoms with van der Waals surface area (Å²) in [7, 11) is 2.10. The van der Waals surface area contributed by atoms with Crippen LogP contribution in [0.4, 0.5) is 5.69 Å². The third kappa shape index (κ3) is 4.30. The van der Waals surface area contributed by atoms with Crippen molar-refractivity contribution in [3.8, 4) is 0 Å². The van der Waals surface area contributed by atoms with Gasteiger partial charge in [0.1, 0.15) is 0 Å². The van der Waals surface area contributed by atoms with Crippen molar-refractivity contribution in [2.45, 2.75) is 32.9 Å². The summed E-state index contributed by atoms with van der Waals surface area (Å²) in [6.45, 7) is 6.19. The molecule has 2 aromatic rings. The molecule has 21 heavy (non-hydrogen) atoms. The minimum Gasteiger partial charge on any atom is -0.369 e. The summed E-state index contributed by atoms with van der Waals surface area (Å²) in [5.74, 6) is 0. The van der Waals surface area contributed by atoms with E-state index in [-0.39, 0.29) is 0 Å². The van der Waals surface area contributed by atoms with Gasteiger partial charge >= 0.3 is 0 Å². The molecule has 1 aromatic heterocycles. The monoisotopic (exact) mass is 283 g/mol. The zero-order valence-electron chi connectivity index (χ0n) is 13.2. The van der Waals surface area contributed by atoms with Crippen LogP contribution in [0.5, 0.6) is 0 Å². The predicted molar refractivity (Wildman–Crippen MR) is 89.5 cm³/mol. The van der Waals surface area contributed by atoms with Gasteiger partial charge in [0.05, 0.1) is 12.2 Å². The van der Waals surface area contributed by atoms with Gasteiger partial charge in [0, 0.05) is 25.0 Å². The van der Waals surface area contributed by atoms with Crippen molar-refractivity contribution in [1.82, 2.24) is 10.3 Å². The molecule has 0 radical (unpaired) electrons. The Labute approximate surface area is 128 Å². The average Bonchev–Trinajstić information content (AvgIpc) is 2.54. The van der Waals surface area contributed by atoms with Crippen molar-refractivity contribution in [3.63, 3.8) is 0 Å². The number of rotatable bonds is 7. The fourth-order valence-electron chi connectivity index (χ4n) is 2.53. The van der Waals surface area contributed by atoms with E-state index in [9.17, 15) is 0 Å². The molecule has 2 rings (SSSR count). The smallest absolute Gasteiger partial charge is 0.0598 e. The molecule has 0 aliphatic heterocycles. The maximum absolute atomic E-state index is 4.38. The number of nitrogens with zero attached hydrogens (tertiary/aromatic N) is 2. The first-order valence-corrected chi connectivity index (χ1v) is 7.69. The highest BCUT2D eigenvalue weighted by Crippen LogP contribution is 2.21. The largest absolute Gasteiger partial charge is 0.369 e. The van der Waals surface area contributed by atoms with Gasteiger partial charge in [0.25, 0.3) is 0 Å². The average molecular weight is 283 g/mol. The highest BCUT2D eigenvalue weighted by atomic mass is 15.1. The summed E-state index contributed by atoms with van der Waals surface area (Å²) >= 11 is 0. The van der Waals surface area contributed by atoms with Gasteiger partial charge in [0.2, 0.25) is 0 Å². The molecule has 0 aliphatic rings. The van der Waals surface area contributed by atoms with Crippen LogP contribution in [0.1, 0.15) is 37.6 Å². The van der Waals surface area contributed by atoms with Crippen LogP contribution in [-0.4, -0.2) is 18.6 Å². The highest BCUT2D eigenvalue weighted by Gasteiger charge is 2.08. The molecule has 0 fully saturated rings. The molecule has 0 saturated heterocycles. The van der Waals surface area contributed by atoms with Gasteiger partial charge in [-0.1, -0.05) is 32.0 Å². The Morgan fingerprint density at radius 1 is 1.10 bits per heavy atom. The highest BCUT2D eigenvalue weighted by molar-refractivity contribution is 5.47. The van der Waals surface area contributed by atoms with Gasteiger partial charge < -0.3 is 10.2 Å². The van der Waals surface area contributed by atoms with Gasteiger partial charge in [0.15, 0.2) is 0 Å². The van der Waals surface area contributed by atoms with E-state index in [0.29, 0.717) is 6.04 Å². The third-order valence-electron chi connectivity index (χ3n) is 3.72. The Balaban J connectivity index is 2.04. The summed E-state index contributed by atoms with van der Waals surface area (Å²) < 4.78 is 0. The molecule has 0 amide bonds. The van der Waals surface area contributed by atoms with E-state index in [1.165, 1.54) is 11.3 Å². The van der Waals surface area contributed by atoms with Crippen LogP contribution in [-0.2, 0) is 6.54 Å². The van der Waals surface area contributed by atoms with E-state index in [0.717, 1.165) is 25.2 Å². The normalized spacial score (nSPS) is 12.1. The molecule has 1 aromatic carbocycles. The Morgan fingerprint density at radius 3 is 2.43 bits per heavy atom. The Morgan fingerprint density at radius 2 is 1.86 bits per heavy atom. The molecule has 112 valence electrons. The summed E-state index contributed by atoms with van der Waals surface area (Å²) in [4.78, 5) is 6.60. The van der Waals surface area contributed by atoms with E-state index in [2.05, 4.69) is 66.4 Å². The molecule has 0 aliphatic carbocycles. The molecule has 3 heteroatoms. The van der Waals surface area contributed by atoms with Gasteiger partial charge in [-0.2, -0.15) is 0 Å². The fourth-order valence-corrected chi connectivity index (χ4v) is 2.53. The SMILES string of the molecule is CCNC(CC)c1ccc(N(C)Cc2ccccn2)cc1. The maximum Gasteiger partial charge on any atom is 0.0598 e. The van der Waals surface area contributed by atoms with Crippen LogP contribution in [0.3, 0.4) is 0 Å². The molecule has 3 nitrogen and oxygen atoms in total. The van der Waals surface area contributed by atoms with Gasteiger partial charge in [-0.3, -0.25) is 4.98 Å². The van der Waals surface area contributed by atoms with Crippen LogP contribution in [0.25, 0.3) is 0 Å². The van der Waals surface area contributed by atoms with Crippen molar-refractivity contribution >= 4 is 5.69 Å². The van der Waals surface area contributed by atoms with Crippen molar-refractivity contribution < 1.29 is 0 Å². The molecule has 1 N–H and O–H groups in total. The quantitative estimate of drug-likeness (QED) is 0.838. The Bertz CT molecular complexity index is 522. The van der Waals surface area contributed by atoms with E-state index < -0.39 is 0 Å². The van der Waals surface area contributed by atoms with Crippen LogP contribution < -0.4 is 10.2 Å². The van der Waals surface area contributed by atoms with Crippen molar-refractivity contribution in [2.24, 2.45) is 0 Å². The second kappa shape index (κ2) is 7.79. The number of pyridine rings is 1. The maximum atomic E-state index is 4.38. The minimum absolute atomic E-state index is 0.449. The Kier molecular flexibility index (Phi) is 5.76. The lowest BCUT2D eigenvalue weighted by Gasteiger charge is -2.21. The third-order valence-corrected chi connectivity index (χ3v) is 3.72. The number of anilines is 1. The fraction of sp³-hybridized carbons (Fsp3) is 0.389. The second-order valence-corrected chi connectivity index (χ2v) is 5.29. The lowest BCUT2D eigenvalue weighted by molar-refractivity contribution is 0.537. The zero-order chi connectivity index (χ0) is 15.1. The van der Waals surface area contributed by atoms with E-state index in [4.69, 9.17) is 0 Å². The standard InChI is InChI=1S/C18H25N3/c1-4-18(19-5-2)15-9-11-17(12-10-15)21(3)14-16-8-6-7-13-20-16/h6-13,18-19H,4-5,14H2,1-3H3. The van der Waals surface area contributed by atoms with Crippen LogP contribution in [0.2, 0.25) is 0 Å². The molecule has 0 spiro atoms. The van der Waals surface area contributed by atoms with E-state index in [1.54, 1.807) is 0 Å². The summed E-state index contributed by atoms with van der Waals surface area (Å²) in [5.41, 5.74) is 3.66. The number of hydrogen-bond donors (Lipinski definition) is 1. The molecular weight excluding hydrogens is 258 g/mol. The molecule has 1 atom stereocenters. The van der Waals surface area contributed by atoms with Crippen LogP contribution in [0, 0.1) is 0 Å². The van der Waals surface area contributed by atoms with Crippen LogP contribution >= 0.6 is 0 Å². The Hall–Kier alpha value is -1.87. The lowest BCUT2D eigenvalue weighted by Crippen LogP contribution is -2.20. The molecule has 0 saturated carbocycles. The van der Waals surface area contributed by atoms with E-state index >= 15 is 0 Å². The molecule has 0 bridgehead atoms. The molecular formula is C18H25N3. The molecule has 1 unspecified atom stereocenters. The predicted octanol–water partition coefficient (Wildman–Crippen LogP) is 3.78. The number of hydrogen-bond acceptors (Lipinski definition) is 3. The number of aromatic nitrogens is 1. The van der Waals surface area contributed by atoms with Crippen LogP contribution in [0.15, 0.2) is 48.7 Å². The minimum atomic E-state index is 0.449. The lowest BCUT2D eigenvalue weighted by atomic mass is 10.0. The van der Waals surface area contributed by atoms with Gasteiger partial charge in [-0.15, -0.1) is 0 Å². The van der Waals surface area contributed by atoms with E-state index in [1.807, 2.05) is 18.3 Å². The first-order chi connectivity index (χ1) is 10.2. The first-order valence-electron chi connectivity index (χ1n) is 7.69. The summed E-state index contributed by atoms with van der Waals surface area (Å²) in [6, 6.07) is 15.3. The van der Waals surface area contributed by atoms with Gasteiger partial charge in [-0.25, -0.2) is 0 Å². The van der Waals surface area contributed by atoms with Crippen molar-refractivity contribution in [2.75, 3.05) is 18.5 Å². The topological polar surface area (TPSA) is 28.2 Å². The second-order valence-electron chi connectivity index (χ2n) is 5.29. The van der Waals surface area contributed by atoms with Crippen molar-refractivity contribution in [1.29, 1.82) is 0 Å². The van der Waals surface area contributed by atoms with Crippen molar-refractivity contribution in [3.05, 3.63) is 59.9 Å². The van der Waals surface area contributed by atoms with Gasteiger partial charge in [-0.05, 0) is 42.8 Å². The first kappa shape index (κ1) is 15.5.